The Bertz CT molecular complexity index is 1200. The Morgan fingerprint density at radius 2 is 1.67 bits per heavy atom. The minimum atomic E-state index is -0.763. The normalized spacial score (nSPS) is 19.8. The van der Waals surface area contributed by atoms with E-state index in [0.717, 1.165) is 42.2 Å². The molecule has 6 nitrogen and oxygen atoms in total. The van der Waals surface area contributed by atoms with E-state index < -0.39 is 6.10 Å². The number of hydrogen-bond donors (Lipinski definition) is 1. The van der Waals surface area contributed by atoms with Crippen LogP contribution in [-0.4, -0.2) is 42.5 Å². The Kier molecular flexibility index (Phi) is 7.54. The molecule has 7 heteroatoms. The van der Waals surface area contributed by atoms with Gasteiger partial charge in [0.05, 0.1) is 18.2 Å². The van der Waals surface area contributed by atoms with Gasteiger partial charge in [-0.2, -0.15) is 0 Å². The molecule has 3 aromatic carbocycles. The zero-order valence-corrected chi connectivity index (χ0v) is 20.9. The summed E-state index contributed by atoms with van der Waals surface area (Å²) in [6, 6.07) is 25.1. The number of ether oxygens (including phenoxy) is 1. The first-order valence-corrected chi connectivity index (χ1v) is 12.8. The third-order valence-corrected chi connectivity index (χ3v) is 7.07. The number of amides is 2. The van der Waals surface area contributed by atoms with Gasteiger partial charge in [-0.15, -0.1) is 0 Å². The lowest BCUT2D eigenvalue weighted by Crippen LogP contribution is -2.53. The molecule has 3 aromatic rings. The van der Waals surface area contributed by atoms with Gasteiger partial charge in [0.1, 0.15) is 5.75 Å². The van der Waals surface area contributed by atoms with Crippen LogP contribution in [0.25, 0.3) is 0 Å². The quantitative estimate of drug-likeness (QED) is 0.531. The molecule has 5 rings (SSSR count). The van der Waals surface area contributed by atoms with Gasteiger partial charge in [0.25, 0.3) is 5.91 Å². The van der Waals surface area contributed by atoms with Gasteiger partial charge in [-0.05, 0) is 54.8 Å². The molecule has 2 atom stereocenters. The lowest BCUT2D eigenvalue weighted by Gasteiger charge is -2.38. The Morgan fingerprint density at radius 1 is 0.917 bits per heavy atom. The molecule has 0 bridgehead atoms. The number of carbonyl (C=O) groups excluding carboxylic acids is 2. The van der Waals surface area contributed by atoms with Crippen molar-refractivity contribution in [1.82, 2.24) is 10.2 Å². The highest BCUT2D eigenvalue weighted by atomic mass is 35.5. The molecule has 0 aromatic heterocycles. The third-order valence-electron chi connectivity index (χ3n) is 6.82. The molecule has 2 heterocycles. The zero-order valence-electron chi connectivity index (χ0n) is 20.1. The highest BCUT2D eigenvalue weighted by Crippen LogP contribution is 2.35. The first-order valence-electron chi connectivity index (χ1n) is 12.4. The highest BCUT2D eigenvalue weighted by molar-refractivity contribution is 6.30. The molecule has 2 amide bonds. The summed E-state index contributed by atoms with van der Waals surface area (Å²) in [4.78, 5) is 30.9. The third kappa shape index (κ3) is 5.72. The first kappa shape index (κ1) is 24.3. The molecule has 2 aliphatic rings. The van der Waals surface area contributed by atoms with Crippen LogP contribution in [-0.2, 0) is 22.7 Å². The van der Waals surface area contributed by atoms with E-state index in [4.69, 9.17) is 16.3 Å². The number of piperidine rings is 1. The van der Waals surface area contributed by atoms with Crippen LogP contribution in [0.2, 0.25) is 5.02 Å². The summed E-state index contributed by atoms with van der Waals surface area (Å²) < 4.78 is 6.03. The number of halogens is 1. The molecule has 186 valence electrons. The summed E-state index contributed by atoms with van der Waals surface area (Å²) >= 11 is 6.03. The number of nitrogens with one attached hydrogen (secondary N) is 1. The number of hydrogen-bond acceptors (Lipinski definition) is 4. The van der Waals surface area contributed by atoms with Gasteiger partial charge >= 0.3 is 0 Å². The predicted octanol–water partition coefficient (Wildman–Crippen LogP) is 4.66. The Labute approximate surface area is 216 Å². The number of rotatable bonds is 6. The van der Waals surface area contributed by atoms with E-state index >= 15 is 0 Å². The minimum Gasteiger partial charge on any atom is -0.477 e. The summed E-state index contributed by atoms with van der Waals surface area (Å²) in [7, 11) is 0. The van der Waals surface area contributed by atoms with Crippen LogP contribution in [0.15, 0.2) is 78.9 Å². The number of carbonyl (C=O) groups is 2. The summed E-state index contributed by atoms with van der Waals surface area (Å²) in [6.45, 7) is 3.04. The van der Waals surface area contributed by atoms with Crippen LogP contribution in [0.3, 0.4) is 0 Å². The first-order chi connectivity index (χ1) is 17.6. The van der Waals surface area contributed by atoms with Gasteiger partial charge in [0, 0.05) is 24.7 Å². The smallest absolute Gasteiger partial charge is 0.263 e. The molecule has 0 radical (unpaired) electrons. The zero-order chi connectivity index (χ0) is 24.9. The fourth-order valence-corrected chi connectivity index (χ4v) is 5.07. The van der Waals surface area contributed by atoms with Crippen molar-refractivity contribution in [1.29, 1.82) is 0 Å². The molecule has 1 fully saturated rings. The van der Waals surface area contributed by atoms with Crippen molar-refractivity contribution in [2.24, 2.45) is 5.92 Å². The van der Waals surface area contributed by atoms with Crippen LogP contribution < -0.4 is 15.0 Å². The number of benzene rings is 3. The van der Waals surface area contributed by atoms with Crippen molar-refractivity contribution in [3.63, 3.8) is 0 Å². The standard InChI is InChI=1S/C29H30ClN3O3/c30-24-14-12-22(13-15-24)18-32-16-6-9-23(19-32)29(35)33-20-27(36-26-11-5-4-10-25(26)33)28(34)31-17-21-7-2-1-3-8-21/h1-5,7-8,10-15,23,27H,6,9,16-20H2,(H,31,34). The molecular formula is C29H30ClN3O3. The number of likely N-dealkylation sites (tertiary alicyclic amines) is 1. The predicted molar refractivity (Wildman–Crippen MR) is 141 cm³/mol. The lowest BCUT2D eigenvalue weighted by atomic mass is 9.95. The summed E-state index contributed by atoms with van der Waals surface area (Å²) in [6.07, 6.45) is 1.03. The summed E-state index contributed by atoms with van der Waals surface area (Å²) in [5.41, 5.74) is 2.92. The van der Waals surface area contributed by atoms with E-state index in [9.17, 15) is 9.59 Å². The number of anilines is 1. The van der Waals surface area contributed by atoms with E-state index in [1.807, 2.05) is 78.9 Å². The van der Waals surface area contributed by atoms with Crippen molar-refractivity contribution in [2.75, 3.05) is 24.5 Å². The monoisotopic (exact) mass is 503 g/mol. The second-order valence-corrected chi connectivity index (χ2v) is 9.86. The largest absolute Gasteiger partial charge is 0.477 e. The van der Waals surface area contributed by atoms with E-state index in [1.54, 1.807) is 4.90 Å². The van der Waals surface area contributed by atoms with E-state index in [-0.39, 0.29) is 24.3 Å². The molecule has 0 saturated carbocycles. The number of fused-ring (bicyclic) bond motifs is 1. The molecular weight excluding hydrogens is 474 g/mol. The molecule has 0 spiro atoms. The van der Waals surface area contributed by atoms with Crippen molar-refractivity contribution in [3.05, 3.63) is 95.0 Å². The van der Waals surface area contributed by atoms with E-state index in [0.29, 0.717) is 18.8 Å². The molecule has 2 aliphatic heterocycles. The Hall–Kier alpha value is -3.35. The molecule has 36 heavy (non-hydrogen) atoms. The van der Waals surface area contributed by atoms with E-state index in [2.05, 4.69) is 10.2 Å². The van der Waals surface area contributed by atoms with Gasteiger partial charge in [-0.25, -0.2) is 0 Å². The average Bonchev–Trinajstić information content (AvgIpc) is 2.92. The molecule has 0 aliphatic carbocycles. The molecule has 1 saturated heterocycles. The second kappa shape index (κ2) is 11.1. The van der Waals surface area contributed by atoms with Crippen molar-refractivity contribution < 1.29 is 14.3 Å². The number of nitrogens with zero attached hydrogens (tertiary/aromatic N) is 2. The Balaban J connectivity index is 1.27. The number of para-hydroxylation sites is 2. The van der Waals surface area contributed by atoms with Crippen molar-refractivity contribution in [3.8, 4) is 5.75 Å². The topological polar surface area (TPSA) is 61.9 Å². The van der Waals surface area contributed by atoms with Crippen LogP contribution in [0.5, 0.6) is 5.75 Å². The van der Waals surface area contributed by atoms with Crippen LogP contribution in [0, 0.1) is 5.92 Å². The van der Waals surface area contributed by atoms with Crippen LogP contribution in [0.1, 0.15) is 24.0 Å². The van der Waals surface area contributed by atoms with Gasteiger partial charge in [-0.3, -0.25) is 14.5 Å². The second-order valence-electron chi connectivity index (χ2n) is 9.43. The van der Waals surface area contributed by atoms with Crippen LogP contribution >= 0.6 is 11.6 Å². The summed E-state index contributed by atoms with van der Waals surface area (Å²) in [5, 5.41) is 3.68. The van der Waals surface area contributed by atoms with Gasteiger partial charge in [0.15, 0.2) is 6.10 Å². The SMILES string of the molecule is O=C(NCc1ccccc1)C1CN(C(=O)C2CCCN(Cc3ccc(Cl)cc3)C2)c2ccccc2O1. The maximum Gasteiger partial charge on any atom is 0.263 e. The average molecular weight is 504 g/mol. The summed E-state index contributed by atoms with van der Waals surface area (Å²) in [5.74, 6) is 0.252. The molecule has 2 unspecified atom stereocenters. The van der Waals surface area contributed by atoms with Crippen molar-refractivity contribution >= 4 is 29.1 Å². The Morgan fingerprint density at radius 3 is 2.47 bits per heavy atom. The maximum absolute atomic E-state index is 13.8. The van der Waals surface area contributed by atoms with Gasteiger partial charge < -0.3 is 15.0 Å². The van der Waals surface area contributed by atoms with E-state index in [1.165, 1.54) is 5.56 Å². The molecule has 1 N–H and O–H groups in total. The maximum atomic E-state index is 13.8. The van der Waals surface area contributed by atoms with Crippen LogP contribution in [0.4, 0.5) is 5.69 Å². The fraction of sp³-hybridized carbons (Fsp3) is 0.310. The highest BCUT2D eigenvalue weighted by Gasteiger charge is 2.37. The fourth-order valence-electron chi connectivity index (χ4n) is 4.95. The minimum absolute atomic E-state index is 0.0485. The van der Waals surface area contributed by atoms with Crippen molar-refractivity contribution in [2.45, 2.75) is 32.0 Å². The van der Waals surface area contributed by atoms with Gasteiger partial charge in [-0.1, -0.05) is 66.2 Å². The lowest BCUT2D eigenvalue weighted by molar-refractivity contribution is -0.129. The van der Waals surface area contributed by atoms with Gasteiger partial charge in [0.2, 0.25) is 5.91 Å².